The second-order valence-electron chi connectivity index (χ2n) is 4.11. The Morgan fingerprint density at radius 3 is 3.12 bits per heavy atom. The third-order valence-corrected chi connectivity index (χ3v) is 3.28. The van der Waals surface area contributed by atoms with E-state index < -0.39 is 0 Å². The zero-order valence-electron chi connectivity index (χ0n) is 9.32. The summed E-state index contributed by atoms with van der Waals surface area (Å²) in [6, 6.07) is 5.69. The smallest absolute Gasteiger partial charge is 0.272 e. The second-order valence-corrected chi connectivity index (χ2v) is 4.42. The lowest BCUT2D eigenvalue weighted by atomic mass is 10.2. The van der Waals surface area contributed by atoms with Gasteiger partial charge >= 0.3 is 0 Å². The van der Waals surface area contributed by atoms with Crippen LogP contribution in [0.15, 0.2) is 18.2 Å². The third kappa shape index (κ3) is 2.19. The van der Waals surface area contributed by atoms with E-state index in [1.807, 2.05) is 24.0 Å². The van der Waals surface area contributed by atoms with Crippen molar-refractivity contribution in [2.24, 2.45) is 0 Å². The molecule has 2 heterocycles. The zero-order valence-corrected chi connectivity index (χ0v) is 10.1. The lowest BCUT2D eigenvalue weighted by Crippen LogP contribution is -2.37. The molecule has 1 amide bonds. The molecule has 1 saturated heterocycles. The summed E-state index contributed by atoms with van der Waals surface area (Å²) >= 11 is 5.85. The average molecular weight is 239 g/mol. The van der Waals surface area contributed by atoms with Gasteiger partial charge in [-0.05, 0) is 31.9 Å². The van der Waals surface area contributed by atoms with Crippen molar-refractivity contribution < 1.29 is 4.79 Å². The quantitative estimate of drug-likeness (QED) is 0.741. The molecule has 0 saturated carbocycles. The van der Waals surface area contributed by atoms with Crippen molar-refractivity contribution in [1.29, 1.82) is 0 Å². The summed E-state index contributed by atoms with van der Waals surface area (Å²) in [4.78, 5) is 18.3. The second kappa shape index (κ2) is 4.83. The van der Waals surface area contributed by atoms with Crippen LogP contribution in [-0.4, -0.2) is 34.3 Å². The number of hydrogen-bond donors (Lipinski definition) is 0. The fourth-order valence-corrected chi connectivity index (χ4v) is 2.39. The maximum atomic E-state index is 12.2. The Labute approximate surface area is 100 Å². The molecule has 1 aromatic heterocycles. The molecule has 1 aliphatic heterocycles. The number of carbonyl (C=O) groups excluding carboxylic acids is 1. The molecular formula is C12H15ClN2O. The summed E-state index contributed by atoms with van der Waals surface area (Å²) in [7, 11) is 0. The van der Waals surface area contributed by atoms with Crippen LogP contribution in [0.5, 0.6) is 0 Å². The number of pyridine rings is 1. The van der Waals surface area contributed by atoms with Gasteiger partial charge in [0.15, 0.2) is 0 Å². The van der Waals surface area contributed by atoms with Crippen molar-refractivity contribution in [1.82, 2.24) is 9.88 Å². The van der Waals surface area contributed by atoms with Gasteiger partial charge in [-0.1, -0.05) is 6.07 Å². The Bertz CT molecular complexity index is 394. The molecule has 0 spiro atoms. The summed E-state index contributed by atoms with van der Waals surface area (Å²) < 4.78 is 0. The van der Waals surface area contributed by atoms with Crippen molar-refractivity contribution in [2.45, 2.75) is 25.8 Å². The molecule has 3 nitrogen and oxygen atoms in total. The Morgan fingerprint density at radius 1 is 1.62 bits per heavy atom. The Kier molecular flexibility index (Phi) is 3.44. The molecule has 1 aromatic rings. The van der Waals surface area contributed by atoms with E-state index in [1.54, 1.807) is 6.07 Å². The molecule has 1 aliphatic rings. The number of likely N-dealkylation sites (tertiary alicyclic amines) is 1. The zero-order chi connectivity index (χ0) is 11.5. The van der Waals surface area contributed by atoms with Crippen LogP contribution in [0, 0.1) is 6.92 Å². The number of nitrogens with zero attached hydrogens (tertiary/aromatic N) is 2. The largest absolute Gasteiger partial charge is 0.333 e. The predicted molar refractivity (Wildman–Crippen MR) is 63.8 cm³/mol. The van der Waals surface area contributed by atoms with E-state index in [9.17, 15) is 4.79 Å². The summed E-state index contributed by atoms with van der Waals surface area (Å²) in [5.74, 6) is 0.518. The molecule has 0 N–H and O–H groups in total. The molecule has 0 aromatic carbocycles. The molecule has 2 rings (SSSR count). The maximum absolute atomic E-state index is 12.2. The average Bonchev–Trinajstić information content (AvgIpc) is 2.76. The Hall–Kier alpha value is -1.09. The molecular weight excluding hydrogens is 224 g/mol. The third-order valence-electron chi connectivity index (χ3n) is 2.92. The maximum Gasteiger partial charge on any atom is 0.272 e. The van der Waals surface area contributed by atoms with Gasteiger partial charge in [0.2, 0.25) is 0 Å². The highest BCUT2D eigenvalue weighted by Gasteiger charge is 2.29. The van der Waals surface area contributed by atoms with Gasteiger partial charge in [-0.3, -0.25) is 4.79 Å². The van der Waals surface area contributed by atoms with Crippen LogP contribution >= 0.6 is 11.6 Å². The summed E-state index contributed by atoms with van der Waals surface area (Å²) in [5.41, 5.74) is 1.39. The van der Waals surface area contributed by atoms with E-state index in [0.717, 1.165) is 25.1 Å². The van der Waals surface area contributed by atoms with Crippen LogP contribution in [0.3, 0.4) is 0 Å². The van der Waals surface area contributed by atoms with Crippen LogP contribution in [-0.2, 0) is 0 Å². The number of halogens is 1. The Morgan fingerprint density at radius 2 is 2.44 bits per heavy atom. The highest BCUT2D eigenvalue weighted by molar-refractivity contribution is 6.18. The first-order valence-corrected chi connectivity index (χ1v) is 6.06. The molecule has 0 radical (unpaired) electrons. The first kappa shape index (κ1) is 11.4. The van der Waals surface area contributed by atoms with Gasteiger partial charge < -0.3 is 4.90 Å². The van der Waals surface area contributed by atoms with Gasteiger partial charge in [0.1, 0.15) is 5.69 Å². The van der Waals surface area contributed by atoms with Gasteiger partial charge in [-0.2, -0.15) is 0 Å². The topological polar surface area (TPSA) is 33.2 Å². The minimum absolute atomic E-state index is 0.00634. The number of hydrogen-bond acceptors (Lipinski definition) is 2. The number of carbonyl (C=O) groups is 1. The van der Waals surface area contributed by atoms with Gasteiger partial charge in [0, 0.05) is 24.2 Å². The van der Waals surface area contributed by atoms with Crippen LogP contribution in [0.25, 0.3) is 0 Å². The molecule has 1 atom stereocenters. The predicted octanol–water partition coefficient (Wildman–Crippen LogP) is 2.23. The monoisotopic (exact) mass is 238 g/mol. The van der Waals surface area contributed by atoms with E-state index in [1.165, 1.54) is 0 Å². The van der Waals surface area contributed by atoms with Crippen LogP contribution in [0.1, 0.15) is 29.0 Å². The standard InChI is InChI=1S/C12H15ClN2O/c1-9-4-2-6-11(14-9)12(16)15-7-3-5-10(15)8-13/h2,4,6,10H,3,5,7-8H2,1H3. The lowest BCUT2D eigenvalue weighted by Gasteiger charge is -2.22. The molecule has 1 unspecified atom stereocenters. The SMILES string of the molecule is Cc1cccc(C(=O)N2CCCC2CCl)n1. The van der Waals surface area contributed by atoms with Crippen molar-refractivity contribution >= 4 is 17.5 Å². The van der Waals surface area contributed by atoms with Crippen LogP contribution in [0.2, 0.25) is 0 Å². The van der Waals surface area contributed by atoms with Crippen LogP contribution < -0.4 is 0 Å². The minimum Gasteiger partial charge on any atom is -0.333 e. The van der Waals surface area contributed by atoms with E-state index in [-0.39, 0.29) is 11.9 Å². The molecule has 4 heteroatoms. The Balaban J connectivity index is 2.18. The molecule has 86 valence electrons. The number of aromatic nitrogens is 1. The highest BCUT2D eigenvalue weighted by Crippen LogP contribution is 2.20. The number of aryl methyl sites for hydroxylation is 1. The summed E-state index contributed by atoms with van der Waals surface area (Å²) in [5, 5.41) is 0. The van der Waals surface area contributed by atoms with Gasteiger partial charge in [-0.25, -0.2) is 4.98 Å². The van der Waals surface area contributed by atoms with E-state index in [2.05, 4.69) is 4.98 Å². The summed E-state index contributed by atoms with van der Waals surface area (Å²) in [6.07, 6.45) is 2.04. The van der Waals surface area contributed by atoms with Crippen molar-refractivity contribution in [3.63, 3.8) is 0 Å². The van der Waals surface area contributed by atoms with E-state index in [4.69, 9.17) is 11.6 Å². The highest BCUT2D eigenvalue weighted by atomic mass is 35.5. The fourth-order valence-electron chi connectivity index (χ4n) is 2.07. The van der Waals surface area contributed by atoms with E-state index in [0.29, 0.717) is 11.6 Å². The van der Waals surface area contributed by atoms with Gasteiger partial charge in [-0.15, -0.1) is 11.6 Å². The molecule has 1 fully saturated rings. The first-order valence-electron chi connectivity index (χ1n) is 5.53. The number of amides is 1. The number of alkyl halides is 1. The fraction of sp³-hybridized carbons (Fsp3) is 0.500. The lowest BCUT2D eigenvalue weighted by molar-refractivity contribution is 0.0743. The normalized spacial score (nSPS) is 20.1. The number of rotatable bonds is 2. The van der Waals surface area contributed by atoms with E-state index >= 15 is 0 Å². The van der Waals surface area contributed by atoms with Crippen molar-refractivity contribution in [3.8, 4) is 0 Å². The van der Waals surface area contributed by atoms with Gasteiger partial charge in [0.05, 0.1) is 0 Å². The molecule has 0 bridgehead atoms. The van der Waals surface area contributed by atoms with Gasteiger partial charge in [0.25, 0.3) is 5.91 Å². The first-order chi connectivity index (χ1) is 7.72. The molecule has 16 heavy (non-hydrogen) atoms. The summed E-state index contributed by atoms with van der Waals surface area (Å²) in [6.45, 7) is 2.69. The molecule has 0 aliphatic carbocycles. The van der Waals surface area contributed by atoms with Crippen LogP contribution in [0.4, 0.5) is 0 Å². The minimum atomic E-state index is 0.00634. The van der Waals surface area contributed by atoms with Crippen molar-refractivity contribution in [2.75, 3.05) is 12.4 Å². The van der Waals surface area contributed by atoms with Crippen molar-refractivity contribution in [3.05, 3.63) is 29.6 Å².